The lowest BCUT2D eigenvalue weighted by molar-refractivity contribution is -0.121. The molecule has 0 spiro atoms. The first-order valence-corrected chi connectivity index (χ1v) is 12.0. The first-order valence-electron chi connectivity index (χ1n) is 10.1. The van der Waals surface area contributed by atoms with E-state index in [9.17, 15) is 18.0 Å². The molecule has 0 saturated heterocycles. The van der Waals surface area contributed by atoms with Crippen LogP contribution in [0.5, 0.6) is 11.5 Å². The molecule has 2 amide bonds. The molecule has 0 aliphatic heterocycles. The summed E-state index contributed by atoms with van der Waals surface area (Å²) in [4.78, 5) is 24.2. The molecule has 3 N–H and O–H groups in total. The molecule has 0 aromatic heterocycles. The summed E-state index contributed by atoms with van der Waals surface area (Å²) in [6.07, 6.45) is 0.112. The molecular weight excluding hydrogens is 470 g/mol. The van der Waals surface area contributed by atoms with Gasteiger partial charge >= 0.3 is 0 Å². The number of halogens is 1. The molecule has 9 nitrogen and oxygen atoms in total. The smallest absolute Gasteiger partial charge is 0.262 e. The van der Waals surface area contributed by atoms with Gasteiger partial charge < -0.3 is 20.1 Å². The Labute approximate surface area is 198 Å². The Hall–Kier alpha value is -2.98. The number of nitrogens with one attached hydrogen (secondary N) is 3. The summed E-state index contributed by atoms with van der Waals surface area (Å²) < 4.78 is 38.8. The monoisotopic (exact) mass is 497 g/mol. The van der Waals surface area contributed by atoms with Crippen LogP contribution in [0.25, 0.3) is 0 Å². The maximum atomic E-state index is 13.0. The summed E-state index contributed by atoms with van der Waals surface area (Å²) >= 11 is 6.12. The zero-order valence-corrected chi connectivity index (χ0v) is 20.7. The van der Waals surface area contributed by atoms with Crippen molar-refractivity contribution in [1.82, 2.24) is 10.6 Å². The standard InChI is InChI=1S/C22H28ClN3O6S/c1-13(2)25-21(27)8-9-24-22(28)16-10-15(7-6-14(16)3)33(29,30)26-18-11-17(23)19(31-4)12-20(18)32-5/h6-7,10-13,26H,8-9H2,1-5H3,(H,24,28)(H,25,27). The van der Waals surface area contributed by atoms with Gasteiger partial charge in [-0.25, -0.2) is 8.42 Å². The van der Waals surface area contributed by atoms with Gasteiger partial charge in [0.2, 0.25) is 5.91 Å². The molecule has 2 rings (SSSR count). The molecule has 180 valence electrons. The van der Waals surface area contributed by atoms with E-state index in [1.807, 2.05) is 13.8 Å². The maximum Gasteiger partial charge on any atom is 0.262 e. The van der Waals surface area contributed by atoms with Crippen molar-refractivity contribution < 1.29 is 27.5 Å². The van der Waals surface area contributed by atoms with Crippen LogP contribution in [0, 0.1) is 6.92 Å². The largest absolute Gasteiger partial charge is 0.495 e. The van der Waals surface area contributed by atoms with E-state index in [0.717, 1.165) is 0 Å². The molecule has 2 aromatic carbocycles. The third-order valence-electron chi connectivity index (χ3n) is 4.57. The number of amides is 2. The van der Waals surface area contributed by atoms with Crippen LogP contribution in [-0.2, 0) is 14.8 Å². The summed E-state index contributed by atoms with van der Waals surface area (Å²) in [5, 5.41) is 5.58. The number of hydrogen-bond donors (Lipinski definition) is 3. The highest BCUT2D eigenvalue weighted by Gasteiger charge is 2.21. The molecule has 0 saturated carbocycles. The number of carbonyl (C=O) groups is 2. The highest BCUT2D eigenvalue weighted by atomic mass is 35.5. The zero-order chi connectivity index (χ0) is 24.8. The van der Waals surface area contributed by atoms with E-state index in [4.69, 9.17) is 21.1 Å². The van der Waals surface area contributed by atoms with Gasteiger partial charge in [0, 0.05) is 30.6 Å². The van der Waals surface area contributed by atoms with Gasteiger partial charge in [0.15, 0.2) is 0 Å². The van der Waals surface area contributed by atoms with E-state index in [1.54, 1.807) is 6.92 Å². The predicted molar refractivity (Wildman–Crippen MR) is 127 cm³/mol. The molecule has 0 heterocycles. The first kappa shape index (κ1) is 26.3. The molecule has 2 aromatic rings. The molecule has 0 radical (unpaired) electrons. The summed E-state index contributed by atoms with van der Waals surface area (Å²) in [7, 11) is -1.26. The van der Waals surface area contributed by atoms with Gasteiger partial charge in [-0.15, -0.1) is 0 Å². The Morgan fingerprint density at radius 3 is 2.33 bits per heavy atom. The molecular formula is C22H28ClN3O6S. The topological polar surface area (TPSA) is 123 Å². The lowest BCUT2D eigenvalue weighted by Gasteiger charge is -2.15. The van der Waals surface area contributed by atoms with Crippen LogP contribution in [0.3, 0.4) is 0 Å². The van der Waals surface area contributed by atoms with Crippen LogP contribution < -0.4 is 24.8 Å². The summed E-state index contributed by atoms with van der Waals surface area (Å²) in [5.74, 6) is -0.126. The van der Waals surface area contributed by atoms with Crippen molar-refractivity contribution in [2.75, 3.05) is 25.5 Å². The Morgan fingerprint density at radius 1 is 1.06 bits per heavy atom. The van der Waals surface area contributed by atoms with Crippen molar-refractivity contribution in [2.24, 2.45) is 0 Å². The van der Waals surface area contributed by atoms with Gasteiger partial charge in [-0.05, 0) is 44.5 Å². The van der Waals surface area contributed by atoms with E-state index >= 15 is 0 Å². The Balaban J connectivity index is 2.22. The van der Waals surface area contributed by atoms with Crippen molar-refractivity contribution in [3.63, 3.8) is 0 Å². The number of benzene rings is 2. The minimum absolute atomic E-state index is 0.00374. The van der Waals surface area contributed by atoms with E-state index < -0.39 is 15.9 Å². The second-order valence-electron chi connectivity index (χ2n) is 7.50. The number of ether oxygens (including phenoxy) is 2. The number of rotatable bonds is 10. The molecule has 11 heteroatoms. The second kappa shape index (κ2) is 11.2. The summed E-state index contributed by atoms with van der Waals surface area (Å²) in [6.45, 7) is 5.49. The van der Waals surface area contributed by atoms with Crippen LogP contribution in [-0.4, -0.2) is 47.0 Å². The number of anilines is 1. The molecule has 0 atom stereocenters. The minimum Gasteiger partial charge on any atom is -0.495 e. The van der Waals surface area contributed by atoms with E-state index in [-0.39, 0.29) is 51.8 Å². The normalized spacial score (nSPS) is 11.1. The van der Waals surface area contributed by atoms with Crippen molar-refractivity contribution in [3.8, 4) is 11.5 Å². The van der Waals surface area contributed by atoms with E-state index in [0.29, 0.717) is 11.3 Å². The molecule has 0 fully saturated rings. The Kier molecular flexibility index (Phi) is 8.95. The van der Waals surface area contributed by atoms with Crippen molar-refractivity contribution in [2.45, 2.75) is 38.1 Å². The molecule has 0 aliphatic rings. The molecule has 0 bridgehead atoms. The summed E-state index contributed by atoms with van der Waals surface area (Å²) in [6, 6.07) is 7.04. The van der Waals surface area contributed by atoms with Gasteiger partial charge in [0.1, 0.15) is 11.5 Å². The van der Waals surface area contributed by atoms with Gasteiger partial charge in [-0.3, -0.25) is 14.3 Å². The third-order valence-corrected chi connectivity index (χ3v) is 6.23. The Morgan fingerprint density at radius 2 is 1.73 bits per heavy atom. The minimum atomic E-state index is -4.08. The van der Waals surface area contributed by atoms with Crippen LogP contribution in [0.4, 0.5) is 5.69 Å². The van der Waals surface area contributed by atoms with Crippen LogP contribution in [0.1, 0.15) is 36.2 Å². The highest BCUT2D eigenvalue weighted by Crippen LogP contribution is 2.37. The van der Waals surface area contributed by atoms with Gasteiger partial charge in [0.25, 0.3) is 15.9 Å². The van der Waals surface area contributed by atoms with E-state index in [1.165, 1.54) is 44.6 Å². The molecule has 0 unspecified atom stereocenters. The van der Waals surface area contributed by atoms with Crippen LogP contribution in [0.2, 0.25) is 5.02 Å². The zero-order valence-electron chi connectivity index (χ0n) is 19.1. The lowest BCUT2D eigenvalue weighted by Crippen LogP contribution is -2.34. The van der Waals surface area contributed by atoms with Gasteiger partial charge in [0.05, 0.1) is 29.8 Å². The average Bonchev–Trinajstić information content (AvgIpc) is 2.73. The fourth-order valence-corrected chi connectivity index (χ4v) is 4.26. The number of hydrogen-bond acceptors (Lipinski definition) is 6. The number of aryl methyl sites for hydroxylation is 1. The predicted octanol–water partition coefficient (Wildman–Crippen LogP) is 3.11. The fraction of sp³-hybridized carbons (Fsp3) is 0.364. The number of carbonyl (C=O) groups excluding carboxylic acids is 2. The third kappa shape index (κ3) is 7.00. The quantitative estimate of drug-likeness (QED) is 0.463. The second-order valence-corrected chi connectivity index (χ2v) is 9.59. The van der Waals surface area contributed by atoms with Crippen LogP contribution in [0.15, 0.2) is 35.2 Å². The van der Waals surface area contributed by atoms with Gasteiger partial charge in [-0.2, -0.15) is 0 Å². The maximum absolute atomic E-state index is 13.0. The molecule has 33 heavy (non-hydrogen) atoms. The van der Waals surface area contributed by atoms with Crippen LogP contribution >= 0.6 is 11.6 Å². The van der Waals surface area contributed by atoms with E-state index in [2.05, 4.69) is 15.4 Å². The van der Waals surface area contributed by atoms with Crippen molar-refractivity contribution >= 4 is 39.1 Å². The van der Waals surface area contributed by atoms with Crippen molar-refractivity contribution in [1.29, 1.82) is 0 Å². The lowest BCUT2D eigenvalue weighted by atomic mass is 10.1. The average molecular weight is 498 g/mol. The highest BCUT2D eigenvalue weighted by molar-refractivity contribution is 7.92. The molecule has 0 aliphatic carbocycles. The fourth-order valence-electron chi connectivity index (χ4n) is 2.94. The van der Waals surface area contributed by atoms with Crippen molar-refractivity contribution in [3.05, 3.63) is 46.5 Å². The Bertz CT molecular complexity index is 1140. The van der Waals surface area contributed by atoms with Gasteiger partial charge in [-0.1, -0.05) is 17.7 Å². The number of methoxy groups -OCH3 is 2. The first-order chi connectivity index (χ1) is 15.5. The number of sulfonamides is 1. The SMILES string of the molecule is COc1cc(OC)c(NS(=O)(=O)c2ccc(C)c(C(=O)NCCC(=O)NC(C)C)c2)cc1Cl. The summed E-state index contributed by atoms with van der Waals surface area (Å²) in [5.41, 5.74) is 0.885.